The van der Waals surface area contributed by atoms with E-state index in [1.165, 1.54) is 6.07 Å². The molecule has 86 valence electrons. The molecular weight excluding hydrogens is 224 g/mol. The minimum absolute atomic E-state index is 0.155. The first-order valence-corrected chi connectivity index (χ1v) is 4.76. The Kier molecular flexibility index (Phi) is 2.76. The van der Waals surface area contributed by atoms with Crippen molar-refractivity contribution >= 4 is 22.7 Å². The largest absolute Gasteiger partial charge is 0.478 e. The summed E-state index contributed by atoms with van der Waals surface area (Å²) in [5.74, 6) is -2.34. The topological polar surface area (TPSA) is 83.8 Å². The first-order chi connectivity index (χ1) is 8.15. The maximum atomic E-state index is 11.4. The summed E-state index contributed by atoms with van der Waals surface area (Å²) in [6, 6.07) is 9.64. The van der Waals surface area contributed by atoms with Crippen LogP contribution < -0.4 is 0 Å². The number of carboxylic acids is 1. The van der Waals surface area contributed by atoms with Crippen LogP contribution in [0.4, 0.5) is 0 Å². The van der Waals surface area contributed by atoms with E-state index in [4.69, 9.17) is 10.4 Å². The molecule has 0 bridgehead atoms. The molecule has 0 amide bonds. The molecule has 5 heteroatoms. The highest BCUT2D eigenvalue weighted by molar-refractivity contribution is 6.12. The van der Waals surface area contributed by atoms with E-state index in [0.29, 0.717) is 10.8 Å². The van der Waals surface area contributed by atoms with Gasteiger partial charge in [-0.15, -0.1) is 0 Å². The van der Waals surface area contributed by atoms with Gasteiger partial charge in [0.15, 0.2) is 0 Å². The van der Waals surface area contributed by atoms with E-state index in [1.54, 1.807) is 30.3 Å². The minimum Gasteiger partial charge on any atom is -0.478 e. The van der Waals surface area contributed by atoms with Crippen molar-refractivity contribution in [3.63, 3.8) is 0 Å². The fourth-order valence-electron chi connectivity index (χ4n) is 1.72. The first-order valence-electron chi connectivity index (χ1n) is 4.76. The van der Waals surface area contributed by atoms with Gasteiger partial charge in [0.05, 0.1) is 11.1 Å². The highest BCUT2D eigenvalue weighted by atomic mass is 17.1. The molecule has 0 atom stereocenters. The quantitative estimate of drug-likeness (QED) is 0.612. The number of carboxylic acid groups (broad SMARTS) is 1. The lowest BCUT2D eigenvalue weighted by Gasteiger charge is -2.06. The van der Waals surface area contributed by atoms with Gasteiger partial charge in [0, 0.05) is 0 Å². The summed E-state index contributed by atoms with van der Waals surface area (Å²) in [6.07, 6.45) is 0. The molecule has 0 aliphatic carbocycles. The van der Waals surface area contributed by atoms with E-state index >= 15 is 0 Å². The van der Waals surface area contributed by atoms with E-state index in [2.05, 4.69) is 4.89 Å². The summed E-state index contributed by atoms with van der Waals surface area (Å²) in [4.78, 5) is 26.0. The van der Waals surface area contributed by atoms with Crippen LogP contribution in [0.15, 0.2) is 36.4 Å². The molecule has 17 heavy (non-hydrogen) atoms. The molecule has 5 nitrogen and oxygen atoms in total. The molecule has 0 aliphatic heterocycles. The number of fused-ring (bicyclic) bond motifs is 1. The molecule has 0 fully saturated rings. The highest BCUT2D eigenvalue weighted by Gasteiger charge is 2.20. The van der Waals surface area contributed by atoms with Gasteiger partial charge in [0.2, 0.25) is 0 Å². The molecule has 0 unspecified atom stereocenters. The summed E-state index contributed by atoms with van der Waals surface area (Å²) >= 11 is 0. The van der Waals surface area contributed by atoms with Gasteiger partial charge in [-0.1, -0.05) is 30.3 Å². The molecule has 2 aromatic carbocycles. The van der Waals surface area contributed by atoms with Crippen LogP contribution in [-0.2, 0) is 4.89 Å². The Labute approximate surface area is 95.8 Å². The van der Waals surface area contributed by atoms with Crippen molar-refractivity contribution in [2.75, 3.05) is 0 Å². The molecule has 2 aromatic rings. The standard InChI is InChI=1S/C12H8O5/c13-11(14)9-6-5-7-3-1-2-4-8(7)10(9)12(15)17-16/h1-6,16H,(H,13,14). The van der Waals surface area contributed by atoms with Crippen molar-refractivity contribution in [3.05, 3.63) is 47.5 Å². The van der Waals surface area contributed by atoms with E-state index in [0.717, 1.165) is 0 Å². The minimum atomic E-state index is -1.25. The number of hydrogen-bond donors (Lipinski definition) is 2. The maximum absolute atomic E-state index is 11.4. The van der Waals surface area contributed by atoms with Crippen LogP contribution in [0.2, 0.25) is 0 Å². The average Bonchev–Trinajstić information content (AvgIpc) is 2.36. The zero-order valence-electron chi connectivity index (χ0n) is 8.58. The van der Waals surface area contributed by atoms with Crippen molar-refractivity contribution in [2.45, 2.75) is 0 Å². The SMILES string of the molecule is O=C(O)c1ccc2ccccc2c1C(=O)OO. The summed E-state index contributed by atoms with van der Waals surface area (Å²) in [5, 5.41) is 18.5. The van der Waals surface area contributed by atoms with Crippen molar-refractivity contribution in [2.24, 2.45) is 0 Å². The Hall–Kier alpha value is -2.40. The number of rotatable bonds is 2. The Morgan fingerprint density at radius 2 is 1.76 bits per heavy atom. The van der Waals surface area contributed by atoms with Crippen LogP contribution in [0.5, 0.6) is 0 Å². The number of benzene rings is 2. The third kappa shape index (κ3) is 1.83. The predicted octanol–water partition coefficient (Wildman–Crippen LogP) is 2.17. The van der Waals surface area contributed by atoms with Gasteiger partial charge < -0.3 is 5.11 Å². The summed E-state index contributed by atoms with van der Waals surface area (Å²) in [7, 11) is 0. The Morgan fingerprint density at radius 3 is 2.41 bits per heavy atom. The average molecular weight is 232 g/mol. The first kappa shape index (κ1) is 11.1. The molecule has 0 saturated heterocycles. The summed E-state index contributed by atoms with van der Waals surface area (Å²) in [6.45, 7) is 0. The van der Waals surface area contributed by atoms with Crippen LogP contribution in [0.1, 0.15) is 20.7 Å². The zero-order valence-corrected chi connectivity index (χ0v) is 8.58. The predicted molar refractivity (Wildman–Crippen MR) is 59.0 cm³/mol. The van der Waals surface area contributed by atoms with Gasteiger partial charge in [0.1, 0.15) is 0 Å². The van der Waals surface area contributed by atoms with Crippen LogP contribution >= 0.6 is 0 Å². The highest BCUT2D eigenvalue weighted by Crippen LogP contribution is 2.23. The van der Waals surface area contributed by atoms with Crippen molar-refractivity contribution in [1.29, 1.82) is 0 Å². The van der Waals surface area contributed by atoms with Crippen LogP contribution in [0, 0.1) is 0 Å². The number of hydrogen-bond acceptors (Lipinski definition) is 4. The molecule has 2 rings (SSSR count). The molecule has 0 aromatic heterocycles. The molecule has 2 N–H and O–H groups in total. The van der Waals surface area contributed by atoms with Gasteiger partial charge in [-0.25, -0.2) is 9.59 Å². The Bertz CT molecular complexity index is 603. The van der Waals surface area contributed by atoms with E-state index in [9.17, 15) is 9.59 Å². The maximum Gasteiger partial charge on any atom is 0.374 e. The normalized spacial score (nSPS) is 10.2. The van der Waals surface area contributed by atoms with Gasteiger partial charge >= 0.3 is 11.9 Å². The summed E-state index contributed by atoms with van der Waals surface area (Å²) in [5.41, 5.74) is -0.360. The van der Waals surface area contributed by atoms with Gasteiger partial charge in [-0.3, -0.25) is 4.89 Å². The van der Waals surface area contributed by atoms with Gasteiger partial charge in [0.25, 0.3) is 0 Å². The lowest BCUT2D eigenvalue weighted by Crippen LogP contribution is -2.10. The van der Waals surface area contributed by atoms with Crippen molar-refractivity contribution < 1.29 is 24.8 Å². The van der Waals surface area contributed by atoms with E-state index in [1.807, 2.05) is 0 Å². The lowest BCUT2D eigenvalue weighted by atomic mass is 9.99. The fourth-order valence-corrected chi connectivity index (χ4v) is 1.72. The smallest absolute Gasteiger partial charge is 0.374 e. The number of carbonyl (C=O) groups is 2. The second-order valence-corrected chi connectivity index (χ2v) is 3.39. The Morgan fingerprint density at radius 1 is 1.06 bits per heavy atom. The van der Waals surface area contributed by atoms with E-state index < -0.39 is 11.9 Å². The van der Waals surface area contributed by atoms with Crippen molar-refractivity contribution in [1.82, 2.24) is 0 Å². The molecule has 0 saturated carbocycles. The monoisotopic (exact) mass is 232 g/mol. The van der Waals surface area contributed by atoms with Crippen LogP contribution in [0.25, 0.3) is 10.8 Å². The van der Waals surface area contributed by atoms with Crippen LogP contribution in [0.3, 0.4) is 0 Å². The molecule has 0 aliphatic rings. The summed E-state index contributed by atoms with van der Waals surface area (Å²) < 4.78 is 0. The third-order valence-corrected chi connectivity index (χ3v) is 2.45. The second-order valence-electron chi connectivity index (χ2n) is 3.39. The van der Waals surface area contributed by atoms with Crippen LogP contribution in [-0.4, -0.2) is 22.3 Å². The molecule has 0 heterocycles. The second kappa shape index (κ2) is 4.23. The molecule has 0 radical (unpaired) electrons. The van der Waals surface area contributed by atoms with Gasteiger partial charge in [-0.2, -0.15) is 5.26 Å². The van der Waals surface area contributed by atoms with Crippen molar-refractivity contribution in [3.8, 4) is 0 Å². The Balaban J connectivity index is 2.84. The number of carbonyl (C=O) groups excluding carboxylic acids is 1. The third-order valence-electron chi connectivity index (χ3n) is 2.45. The van der Waals surface area contributed by atoms with E-state index in [-0.39, 0.29) is 11.1 Å². The number of aromatic carboxylic acids is 1. The lowest BCUT2D eigenvalue weighted by molar-refractivity contribution is -0.182. The molecule has 0 spiro atoms. The fraction of sp³-hybridized carbons (Fsp3) is 0. The zero-order chi connectivity index (χ0) is 12.4. The molecular formula is C12H8O5. The van der Waals surface area contributed by atoms with Gasteiger partial charge in [-0.05, 0) is 16.8 Å².